The normalized spacial score (nSPS) is 14.1. The second-order valence-corrected chi connectivity index (χ2v) is 3.26. The molecule has 0 aliphatic rings. The maximum absolute atomic E-state index is 10.7. The molecule has 0 radical (unpaired) electrons. The summed E-state index contributed by atoms with van der Waals surface area (Å²) < 4.78 is 0. The number of rotatable bonds is 4. The predicted octanol–water partition coefficient (Wildman–Crippen LogP) is -0.145. The van der Waals surface area contributed by atoms with Gasteiger partial charge in [0.25, 0.3) is 0 Å². The molecule has 0 heterocycles. The van der Waals surface area contributed by atoms with Gasteiger partial charge < -0.3 is 21.7 Å². The highest BCUT2D eigenvalue weighted by Gasteiger charge is 2.23. The van der Waals surface area contributed by atoms with E-state index in [4.69, 9.17) is 21.7 Å². The van der Waals surface area contributed by atoms with Crippen LogP contribution in [0.5, 0.6) is 0 Å². The monoisotopic (exact) mass is 224 g/mol. The molecule has 0 saturated carbocycles. The number of carboxylic acid groups (broad SMARTS) is 2. The highest BCUT2D eigenvalue weighted by Crippen LogP contribution is 2.21. The van der Waals surface area contributed by atoms with Crippen molar-refractivity contribution in [3.8, 4) is 0 Å². The van der Waals surface area contributed by atoms with Crippen LogP contribution >= 0.6 is 0 Å². The predicted molar refractivity (Wildman–Crippen MR) is 55.6 cm³/mol. The summed E-state index contributed by atoms with van der Waals surface area (Å²) >= 11 is 0. The summed E-state index contributed by atoms with van der Waals surface area (Å²) in [5.74, 6) is -2.46. The van der Waals surface area contributed by atoms with Crippen molar-refractivity contribution in [1.82, 2.24) is 0 Å². The molecule has 0 aliphatic heterocycles. The minimum absolute atomic E-state index is 0.213. The van der Waals surface area contributed by atoms with Gasteiger partial charge in [0.2, 0.25) is 0 Å². The smallest absolute Gasteiger partial charge is 0.325 e. The topological polar surface area (TPSA) is 127 Å². The van der Waals surface area contributed by atoms with Crippen molar-refractivity contribution < 1.29 is 19.8 Å². The van der Waals surface area contributed by atoms with Crippen molar-refractivity contribution in [2.45, 2.75) is 12.1 Å². The molecule has 1 aromatic carbocycles. The quantitative estimate of drug-likeness (QED) is 0.563. The molecule has 0 spiro atoms. The summed E-state index contributed by atoms with van der Waals surface area (Å²) in [5.41, 5.74) is 11.3. The van der Waals surface area contributed by atoms with Gasteiger partial charge in [-0.2, -0.15) is 0 Å². The average molecular weight is 224 g/mol. The van der Waals surface area contributed by atoms with Gasteiger partial charge in [-0.05, 0) is 11.1 Å². The zero-order valence-electron chi connectivity index (χ0n) is 8.33. The highest BCUT2D eigenvalue weighted by molar-refractivity contribution is 5.79. The number of carboxylic acids is 2. The van der Waals surface area contributed by atoms with E-state index >= 15 is 0 Å². The maximum Gasteiger partial charge on any atom is 0.325 e. The summed E-state index contributed by atoms with van der Waals surface area (Å²) in [6.45, 7) is 0. The lowest BCUT2D eigenvalue weighted by atomic mass is 9.96. The molecule has 6 heteroatoms. The Morgan fingerprint density at radius 1 is 0.938 bits per heavy atom. The van der Waals surface area contributed by atoms with E-state index in [1.165, 1.54) is 12.1 Å². The molecule has 0 aliphatic carbocycles. The van der Waals surface area contributed by atoms with E-state index in [9.17, 15) is 9.59 Å². The molecule has 0 bridgehead atoms. The van der Waals surface area contributed by atoms with Crippen molar-refractivity contribution in [2.75, 3.05) is 0 Å². The van der Waals surface area contributed by atoms with Crippen LogP contribution in [0.2, 0.25) is 0 Å². The first-order valence-electron chi connectivity index (χ1n) is 4.50. The third kappa shape index (κ3) is 2.36. The van der Waals surface area contributed by atoms with E-state index in [0.29, 0.717) is 0 Å². The van der Waals surface area contributed by atoms with Gasteiger partial charge in [-0.1, -0.05) is 24.3 Å². The Bertz CT molecular complexity index is 380. The lowest BCUT2D eigenvalue weighted by molar-refractivity contribution is -0.140. The summed E-state index contributed by atoms with van der Waals surface area (Å²) in [5, 5.41) is 17.5. The number of hydrogen-bond acceptors (Lipinski definition) is 4. The summed E-state index contributed by atoms with van der Waals surface area (Å²) in [7, 11) is 0. The minimum atomic E-state index is -1.28. The summed E-state index contributed by atoms with van der Waals surface area (Å²) in [6, 6.07) is 3.52. The molecule has 1 rings (SSSR count). The number of aliphatic carboxylic acids is 2. The minimum Gasteiger partial charge on any atom is -0.480 e. The Morgan fingerprint density at radius 2 is 1.25 bits per heavy atom. The van der Waals surface area contributed by atoms with Crippen molar-refractivity contribution in [3.63, 3.8) is 0 Å². The van der Waals surface area contributed by atoms with Gasteiger partial charge in [-0.25, -0.2) is 0 Å². The first kappa shape index (κ1) is 12.2. The van der Waals surface area contributed by atoms with Gasteiger partial charge in [-0.15, -0.1) is 0 Å². The van der Waals surface area contributed by atoms with E-state index < -0.39 is 24.0 Å². The first-order chi connectivity index (χ1) is 7.45. The van der Waals surface area contributed by atoms with E-state index in [-0.39, 0.29) is 11.1 Å². The van der Waals surface area contributed by atoms with Crippen LogP contribution in [0.1, 0.15) is 23.2 Å². The van der Waals surface area contributed by atoms with Gasteiger partial charge in [0, 0.05) is 0 Å². The van der Waals surface area contributed by atoms with Crippen LogP contribution in [0.3, 0.4) is 0 Å². The highest BCUT2D eigenvalue weighted by atomic mass is 16.4. The van der Waals surface area contributed by atoms with E-state index in [0.717, 1.165) is 0 Å². The van der Waals surface area contributed by atoms with E-state index in [1.807, 2.05) is 0 Å². The van der Waals surface area contributed by atoms with Crippen LogP contribution in [0.15, 0.2) is 24.3 Å². The molecule has 2 atom stereocenters. The molecule has 16 heavy (non-hydrogen) atoms. The molecule has 1 aromatic rings. The Kier molecular flexibility index (Phi) is 3.60. The van der Waals surface area contributed by atoms with Gasteiger partial charge in [0.05, 0.1) is 0 Å². The fourth-order valence-corrected chi connectivity index (χ4v) is 1.34. The molecule has 0 fully saturated rings. The Labute approximate surface area is 91.5 Å². The lowest BCUT2D eigenvalue weighted by Crippen LogP contribution is -2.27. The molecular weight excluding hydrogens is 212 g/mol. The third-order valence-electron chi connectivity index (χ3n) is 2.20. The first-order valence-corrected chi connectivity index (χ1v) is 4.50. The fourth-order valence-electron chi connectivity index (χ4n) is 1.34. The fraction of sp³-hybridized carbons (Fsp3) is 0.200. The van der Waals surface area contributed by atoms with Gasteiger partial charge in [0.15, 0.2) is 0 Å². The van der Waals surface area contributed by atoms with Crippen molar-refractivity contribution in [2.24, 2.45) is 11.5 Å². The van der Waals surface area contributed by atoms with Crippen LogP contribution in [0, 0.1) is 0 Å². The molecule has 2 unspecified atom stereocenters. The molecule has 6 nitrogen and oxygen atoms in total. The Morgan fingerprint density at radius 3 is 1.50 bits per heavy atom. The molecular formula is C10H12N2O4. The summed E-state index contributed by atoms with van der Waals surface area (Å²) in [4.78, 5) is 21.5. The third-order valence-corrected chi connectivity index (χ3v) is 2.20. The van der Waals surface area contributed by atoms with Crippen LogP contribution in [-0.4, -0.2) is 22.2 Å². The van der Waals surface area contributed by atoms with Crippen molar-refractivity contribution in [3.05, 3.63) is 35.4 Å². The summed E-state index contributed by atoms with van der Waals surface area (Å²) in [6.07, 6.45) is 0. The second-order valence-electron chi connectivity index (χ2n) is 3.26. The van der Waals surface area contributed by atoms with Crippen LogP contribution in [0.4, 0.5) is 0 Å². The molecule has 0 aromatic heterocycles. The maximum atomic E-state index is 10.7. The Balaban J connectivity index is 3.19. The largest absolute Gasteiger partial charge is 0.480 e. The molecule has 86 valence electrons. The SMILES string of the molecule is NC(C(=O)O)c1ccccc1C(N)C(=O)O. The standard InChI is InChI=1S/C10H12N2O4/c11-7(9(13)14)5-3-1-2-4-6(5)8(12)10(15)16/h1-4,7-8H,11-12H2,(H,13,14)(H,15,16). The van der Waals surface area contributed by atoms with Gasteiger partial charge in [-0.3, -0.25) is 9.59 Å². The zero-order chi connectivity index (χ0) is 12.3. The average Bonchev–Trinajstić information content (AvgIpc) is 2.26. The van der Waals surface area contributed by atoms with Gasteiger partial charge >= 0.3 is 11.9 Å². The van der Waals surface area contributed by atoms with E-state index in [2.05, 4.69) is 0 Å². The number of benzene rings is 1. The number of hydrogen-bond donors (Lipinski definition) is 4. The lowest BCUT2D eigenvalue weighted by Gasteiger charge is -2.15. The van der Waals surface area contributed by atoms with E-state index in [1.54, 1.807) is 12.1 Å². The van der Waals surface area contributed by atoms with Crippen LogP contribution in [0.25, 0.3) is 0 Å². The van der Waals surface area contributed by atoms with Gasteiger partial charge in [0.1, 0.15) is 12.1 Å². The van der Waals surface area contributed by atoms with Crippen molar-refractivity contribution >= 4 is 11.9 Å². The number of carbonyl (C=O) groups is 2. The molecule has 0 saturated heterocycles. The number of nitrogens with two attached hydrogens (primary N) is 2. The van der Waals surface area contributed by atoms with Crippen LogP contribution in [-0.2, 0) is 9.59 Å². The zero-order valence-corrected chi connectivity index (χ0v) is 8.33. The molecule has 0 amide bonds. The van der Waals surface area contributed by atoms with Crippen molar-refractivity contribution in [1.29, 1.82) is 0 Å². The van der Waals surface area contributed by atoms with Crippen LogP contribution < -0.4 is 11.5 Å². The molecule has 6 N–H and O–H groups in total. The Hall–Kier alpha value is -1.92. The second kappa shape index (κ2) is 4.73.